The topological polar surface area (TPSA) is 40.9 Å². The van der Waals surface area contributed by atoms with E-state index in [9.17, 15) is 0 Å². The molecule has 0 radical (unpaired) electrons. The van der Waals surface area contributed by atoms with Crippen LogP contribution in [0.5, 0.6) is 0 Å². The van der Waals surface area contributed by atoms with Crippen LogP contribution in [0.25, 0.3) is 0 Å². The van der Waals surface area contributed by atoms with Crippen molar-refractivity contribution in [2.45, 2.75) is 0 Å². The highest BCUT2D eigenvalue weighted by Crippen LogP contribution is 0.868. The Kier molecular flexibility index (Phi) is 63.6. The van der Waals surface area contributed by atoms with Gasteiger partial charge in [0.25, 0.3) is 0 Å². The van der Waals surface area contributed by atoms with Gasteiger partial charge in [0.1, 0.15) is 0 Å². The molecule has 0 aromatic rings. The van der Waals surface area contributed by atoms with Crippen molar-refractivity contribution in [2.24, 2.45) is 0 Å². The smallest absolute Gasteiger partial charge is 0.222 e. The first-order chi connectivity index (χ1) is 1.41. The maximum absolute atomic E-state index is 8.35. The summed E-state index contributed by atoms with van der Waals surface area (Å²) >= 11 is 0. The van der Waals surface area contributed by atoms with E-state index in [1.807, 2.05) is 0 Å². The van der Waals surface area contributed by atoms with Gasteiger partial charge in [-0.1, -0.05) is 0 Å². The molecule has 0 fully saturated rings. The summed E-state index contributed by atoms with van der Waals surface area (Å²) in [5.41, 5.74) is 0. The molecule has 0 aliphatic rings. The summed E-state index contributed by atoms with van der Waals surface area (Å²) < 4.78 is 0. The van der Waals surface area contributed by atoms with Crippen LogP contribution in [0, 0.1) is 5.41 Å². The lowest BCUT2D eigenvalue weighted by atomic mass is 10.8. The monoisotopic (exact) mass is 57.0 g/mol. The summed E-state index contributed by atoms with van der Waals surface area (Å²) in [4.78, 5) is 8.35. The number of carbonyl (C=O) groups excluding carboxylic acids is 1. The first kappa shape index (κ1) is 9.86. The Balaban J connectivity index is 0. The predicted molar refractivity (Wildman–Crippen MR) is 18.4 cm³/mol. The van der Waals surface area contributed by atoms with E-state index >= 15 is 0 Å². The Morgan fingerprint density at radius 2 is 1.75 bits per heavy atom. The third-order valence-electron chi connectivity index (χ3n) is 0. The average molecular weight is 56.9 g/mol. The lowest BCUT2D eigenvalue weighted by molar-refractivity contribution is 0.563. The molecule has 0 aliphatic carbocycles. The van der Waals surface area contributed by atoms with Crippen molar-refractivity contribution < 1.29 is 4.79 Å². The quantitative estimate of drug-likeness (QED) is 0.210. The zero-order valence-electron chi connectivity index (χ0n) is 1.41. The first-order valence-electron chi connectivity index (χ1n) is 0.454. The fourth-order valence-corrected chi connectivity index (χ4v) is 0. The third-order valence-corrected chi connectivity index (χ3v) is 0. The second-order valence-electron chi connectivity index (χ2n) is 0.102. The highest BCUT2D eigenvalue weighted by atomic mass is 16.1. The van der Waals surface area contributed by atoms with E-state index in [1.165, 1.54) is 0 Å². The summed E-state index contributed by atoms with van der Waals surface area (Å²) in [6.45, 7) is 0. The van der Waals surface area contributed by atoms with Crippen LogP contribution in [0.1, 0.15) is 0 Å². The fraction of sp³-hybridized carbons (Fsp3) is 0. The van der Waals surface area contributed by atoms with E-state index in [2.05, 4.69) is 0 Å². The molecule has 4 heavy (non-hydrogen) atoms. The van der Waals surface area contributed by atoms with Crippen molar-refractivity contribution >= 4 is 14.5 Å². The molecule has 0 aromatic heterocycles. The Hall–Kier alpha value is -0.555. The van der Waals surface area contributed by atoms with Gasteiger partial charge in [-0.05, 0) is 0 Å². The molecule has 0 amide bonds. The molecule has 0 aliphatic heterocycles. The van der Waals surface area contributed by atoms with E-state index in [0.717, 1.165) is 6.08 Å². The van der Waals surface area contributed by atoms with Gasteiger partial charge in [0.15, 0.2) is 0 Å². The number of isocyanates is 1. The second-order valence-corrected chi connectivity index (χ2v) is 0.102. The van der Waals surface area contributed by atoms with Crippen LogP contribution in [0.4, 0.5) is 0 Å². The van der Waals surface area contributed by atoms with Gasteiger partial charge in [0.2, 0.25) is 6.08 Å². The molecular formula is CH4BNO. The molecule has 0 spiro atoms. The summed E-state index contributed by atoms with van der Waals surface area (Å²) in [5, 5.41) is 5.40. The number of nitrogens with one attached hydrogen (secondary N) is 1. The molecule has 0 saturated carbocycles. The molecular weight excluding hydrogens is 52.8 g/mol. The van der Waals surface area contributed by atoms with Crippen LogP contribution < -0.4 is 0 Å². The molecule has 0 aromatic carbocycles. The molecule has 0 unspecified atom stereocenters. The summed E-state index contributed by atoms with van der Waals surface area (Å²) in [6.07, 6.45) is 0.750. The molecule has 0 saturated heterocycles. The highest BCUT2D eigenvalue weighted by Gasteiger charge is 1.03. The maximum Gasteiger partial charge on any atom is 0.231 e. The van der Waals surface area contributed by atoms with Crippen molar-refractivity contribution in [3.05, 3.63) is 0 Å². The zero-order valence-corrected chi connectivity index (χ0v) is 1.41. The minimum atomic E-state index is 0. The molecule has 0 bridgehead atoms. The average Bonchev–Trinajstić information content (AvgIpc) is 0.918. The van der Waals surface area contributed by atoms with Gasteiger partial charge in [0, 0.05) is 0 Å². The van der Waals surface area contributed by atoms with Crippen molar-refractivity contribution in [3.8, 4) is 0 Å². The number of rotatable bonds is 0. The van der Waals surface area contributed by atoms with E-state index in [4.69, 9.17) is 10.2 Å². The largest absolute Gasteiger partial charge is 0.231 e. The number of hydrogen-bond acceptors (Lipinski definition) is 2. The maximum atomic E-state index is 8.35. The summed E-state index contributed by atoms with van der Waals surface area (Å²) in [7, 11) is 0. The van der Waals surface area contributed by atoms with Gasteiger partial charge in [-0.2, -0.15) is 0 Å². The molecule has 22 valence electrons. The third kappa shape index (κ3) is 0.928. The Morgan fingerprint density at radius 1 is 1.75 bits per heavy atom. The van der Waals surface area contributed by atoms with Crippen LogP contribution in [0.2, 0.25) is 0 Å². The van der Waals surface area contributed by atoms with Crippen molar-refractivity contribution in [1.29, 1.82) is 5.41 Å². The number of hydrogen-bond donors (Lipinski definition) is 1. The Labute approximate surface area is 25.9 Å². The minimum Gasteiger partial charge on any atom is -0.222 e. The Bertz CT molecular complexity index is 29.0. The molecule has 0 atom stereocenters. The SMILES string of the molecule is B.N=C=O. The van der Waals surface area contributed by atoms with E-state index in [-0.39, 0.29) is 8.41 Å². The Morgan fingerprint density at radius 3 is 1.75 bits per heavy atom. The van der Waals surface area contributed by atoms with Crippen molar-refractivity contribution in [2.75, 3.05) is 0 Å². The second kappa shape index (κ2) is 25.8. The molecule has 2 nitrogen and oxygen atoms in total. The first-order valence-corrected chi connectivity index (χ1v) is 0.454. The van der Waals surface area contributed by atoms with Crippen LogP contribution in [0.15, 0.2) is 0 Å². The van der Waals surface area contributed by atoms with E-state index in [1.54, 1.807) is 0 Å². The molecule has 3 heteroatoms. The highest BCUT2D eigenvalue weighted by molar-refractivity contribution is 5.75. The van der Waals surface area contributed by atoms with Gasteiger partial charge in [-0.25, -0.2) is 10.2 Å². The van der Waals surface area contributed by atoms with Gasteiger partial charge in [0.05, 0.1) is 8.41 Å². The molecule has 0 rings (SSSR count). The van der Waals surface area contributed by atoms with E-state index < -0.39 is 0 Å². The lowest BCUT2D eigenvalue weighted by Crippen LogP contribution is -1.16. The standard InChI is InChI=1S/CHNO.BH3/c2-1-3;/h2H;1H3. The van der Waals surface area contributed by atoms with E-state index in [0.29, 0.717) is 0 Å². The lowest BCUT2D eigenvalue weighted by Gasteiger charge is -1.02. The molecule has 0 heterocycles. The van der Waals surface area contributed by atoms with Crippen LogP contribution >= 0.6 is 0 Å². The van der Waals surface area contributed by atoms with Crippen LogP contribution in [0.3, 0.4) is 0 Å². The van der Waals surface area contributed by atoms with Crippen LogP contribution in [-0.4, -0.2) is 14.5 Å². The zero-order chi connectivity index (χ0) is 2.71. The van der Waals surface area contributed by atoms with Gasteiger partial charge in [-0.15, -0.1) is 0 Å². The van der Waals surface area contributed by atoms with Crippen molar-refractivity contribution in [1.82, 2.24) is 0 Å². The predicted octanol–water partition coefficient (Wildman–Crippen LogP) is -1.28. The minimum absolute atomic E-state index is 0. The fourth-order valence-electron chi connectivity index (χ4n) is 0. The summed E-state index contributed by atoms with van der Waals surface area (Å²) in [6, 6.07) is 0. The van der Waals surface area contributed by atoms with Gasteiger partial charge >= 0.3 is 0 Å². The normalized spacial score (nSPS) is 2.00. The van der Waals surface area contributed by atoms with Crippen LogP contribution in [-0.2, 0) is 4.79 Å². The van der Waals surface area contributed by atoms with Crippen molar-refractivity contribution in [3.63, 3.8) is 0 Å². The van der Waals surface area contributed by atoms with Gasteiger partial charge < -0.3 is 0 Å². The van der Waals surface area contributed by atoms with Gasteiger partial charge in [-0.3, -0.25) is 0 Å². The summed E-state index contributed by atoms with van der Waals surface area (Å²) in [5.74, 6) is 0. The molecule has 1 N–H and O–H groups in total.